The lowest BCUT2D eigenvalue weighted by Crippen LogP contribution is -2.38. The Morgan fingerprint density at radius 1 is 1.06 bits per heavy atom. The SMILES string of the molecule is CCC(=O)OCC(C)c1ccc2[nH]c(-c3cc(C)cc(C)c3)c(CC(N)C(=O)OC(C)(C)C)c2c1. The molecule has 6 nitrogen and oxygen atoms in total. The number of aryl methyl sites for hydroxylation is 2. The van der Waals surface area contributed by atoms with Gasteiger partial charge in [0.2, 0.25) is 0 Å². The molecule has 0 fully saturated rings. The maximum Gasteiger partial charge on any atom is 0.323 e. The number of fused-ring (bicyclic) bond motifs is 1. The van der Waals surface area contributed by atoms with Gasteiger partial charge in [-0.3, -0.25) is 9.59 Å². The second-order valence-electron chi connectivity index (χ2n) is 10.4. The summed E-state index contributed by atoms with van der Waals surface area (Å²) < 4.78 is 10.9. The summed E-state index contributed by atoms with van der Waals surface area (Å²) in [5.74, 6) is -0.600. The van der Waals surface area contributed by atoms with Crippen molar-refractivity contribution in [3.05, 3.63) is 58.7 Å². The summed E-state index contributed by atoms with van der Waals surface area (Å²) >= 11 is 0. The van der Waals surface area contributed by atoms with Crippen LogP contribution in [0, 0.1) is 13.8 Å². The third-order valence-corrected chi connectivity index (χ3v) is 5.93. The Morgan fingerprint density at radius 2 is 1.71 bits per heavy atom. The molecule has 0 amide bonds. The molecule has 0 saturated carbocycles. The van der Waals surface area contributed by atoms with Gasteiger partial charge in [-0.05, 0) is 75.6 Å². The molecule has 6 heteroatoms. The Morgan fingerprint density at radius 3 is 2.31 bits per heavy atom. The topological polar surface area (TPSA) is 94.4 Å². The van der Waals surface area contributed by atoms with Crippen LogP contribution in [-0.2, 0) is 25.5 Å². The van der Waals surface area contributed by atoms with E-state index in [9.17, 15) is 9.59 Å². The van der Waals surface area contributed by atoms with E-state index in [-0.39, 0.29) is 11.9 Å². The van der Waals surface area contributed by atoms with Gasteiger partial charge in [0.05, 0.1) is 6.61 Å². The van der Waals surface area contributed by atoms with Crippen LogP contribution in [0.3, 0.4) is 0 Å². The van der Waals surface area contributed by atoms with Crippen LogP contribution < -0.4 is 5.73 Å². The molecule has 0 aliphatic carbocycles. The van der Waals surface area contributed by atoms with Crippen molar-refractivity contribution >= 4 is 22.8 Å². The third-order valence-electron chi connectivity index (χ3n) is 5.93. The molecular weight excluding hydrogens is 440 g/mol. The lowest BCUT2D eigenvalue weighted by atomic mass is 9.94. The first kappa shape index (κ1) is 26.5. The van der Waals surface area contributed by atoms with E-state index in [4.69, 9.17) is 15.2 Å². The smallest absolute Gasteiger partial charge is 0.323 e. The second-order valence-corrected chi connectivity index (χ2v) is 10.4. The molecule has 0 saturated heterocycles. The van der Waals surface area contributed by atoms with Gasteiger partial charge in [-0.25, -0.2) is 0 Å². The zero-order chi connectivity index (χ0) is 25.9. The van der Waals surface area contributed by atoms with Crippen molar-refractivity contribution in [2.45, 2.75) is 78.9 Å². The Kier molecular flexibility index (Phi) is 8.06. The predicted molar refractivity (Wildman–Crippen MR) is 140 cm³/mol. The molecule has 2 atom stereocenters. The minimum absolute atomic E-state index is 0.0295. The fourth-order valence-electron chi connectivity index (χ4n) is 4.25. The van der Waals surface area contributed by atoms with E-state index in [1.807, 2.05) is 39.8 Å². The van der Waals surface area contributed by atoms with E-state index < -0.39 is 17.6 Å². The van der Waals surface area contributed by atoms with Crippen molar-refractivity contribution < 1.29 is 19.1 Å². The zero-order valence-electron chi connectivity index (χ0n) is 22.0. The highest BCUT2D eigenvalue weighted by atomic mass is 16.6. The molecule has 2 aromatic carbocycles. The van der Waals surface area contributed by atoms with E-state index in [0.717, 1.165) is 44.4 Å². The van der Waals surface area contributed by atoms with Gasteiger partial charge < -0.3 is 20.2 Å². The molecule has 188 valence electrons. The van der Waals surface area contributed by atoms with Gasteiger partial charge in [0, 0.05) is 35.4 Å². The highest BCUT2D eigenvalue weighted by molar-refractivity contribution is 5.92. The first-order valence-electron chi connectivity index (χ1n) is 12.2. The molecule has 2 unspecified atom stereocenters. The van der Waals surface area contributed by atoms with E-state index in [1.165, 1.54) is 0 Å². The Hall–Kier alpha value is -3.12. The molecule has 0 bridgehead atoms. The van der Waals surface area contributed by atoms with Crippen LogP contribution in [0.4, 0.5) is 0 Å². The number of nitrogens with two attached hydrogens (primary N) is 1. The lowest BCUT2D eigenvalue weighted by Gasteiger charge is -2.22. The van der Waals surface area contributed by atoms with Crippen molar-refractivity contribution in [1.82, 2.24) is 4.98 Å². The first-order valence-corrected chi connectivity index (χ1v) is 12.2. The summed E-state index contributed by atoms with van der Waals surface area (Å²) in [6.07, 6.45) is 0.690. The van der Waals surface area contributed by atoms with Crippen LogP contribution in [0.1, 0.15) is 69.2 Å². The number of rotatable bonds is 8. The molecular formula is C29H38N2O4. The summed E-state index contributed by atoms with van der Waals surface area (Å²) in [5, 5.41) is 1.00. The summed E-state index contributed by atoms with van der Waals surface area (Å²) in [5.41, 5.74) is 13.1. The third kappa shape index (κ3) is 6.73. The molecule has 3 N–H and O–H groups in total. The van der Waals surface area contributed by atoms with Gasteiger partial charge in [0.1, 0.15) is 11.6 Å². The number of esters is 2. The second kappa shape index (κ2) is 10.6. The molecule has 0 aliphatic rings. The summed E-state index contributed by atoms with van der Waals surface area (Å²) in [6, 6.07) is 11.8. The summed E-state index contributed by atoms with van der Waals surface area (Å²) in [6.45, 7) is 13.8. The fraction of sp³-hybridized carbons (Fsp3) is 0.448. The molecule has 0 radical (unpaired) electrons. The van der Waals surface area contributed by atoms with Gasteiger partial charge in [-0.2, -0.15) is 0 Å². The van der Waals surface area contributed by atoms with Gasteiger partial charge in [-0.1, -0.05) is 37.1 Å². The maximum atomic E-state index is 12.7. The minimum Gasteiger partial charge on any atom is -0.465 e. The lowest BCUT2D eigenvalue weighted by molar-refractivity contribution is -0.156. The number of hydrogen-bond donors (Lipinski definition) is 2. The predicted octanol–water partition coefficient (Wildman–Crippen LogP) is 5.72. The number of carbonyl (C=O) groups excluding carboxylic acids is 2. The van der Waals surface area contributed by atoms with Gasteiger partial charge in [-0.15, -0.1) is 0 Å². The van der Waals surface area contributed by atoms with Crippen molar-refractivity contribution in [1.29, 1.82) is 0 Å². The fourth-order valence-corrected chi connectivity index (χ4v) is 4.25. The normalized spacial score (nSPS) is 13.5. The highest BCUT2D eigenvalue weighted by Gasteiger charge is 2.25. The summed E-state index contributed by atoms with van der Waals surface area (Å²) in [7, 11) is 0. The number of carbonyl (C=O) groups is 2. The van der Waals surface area contributed by atoms with Gasteiger partial charge >= 0.3 is 11.9 Å². The van der Waals surface area contributed by atoms with Crippen molar-refractivity contribution in [2.75, 3.05) is 6.61 Å². The van der Waals surface area contributed by atoms with Crippen molar-refractivity contribution in [3.63, 3.8) is 0 Å². The van der Waals surface area contributed by atoms with Crippen LogP contribution in [0.5, 0.6) is 0 Å². The summed E-state index contributed by atoms with van der Waals surface area (Å²) in [4.78, 5) is 27.9. The van der Waals surface area contributed by atoms with Gasteiger partial charge in [0.15, 0.2) is 0 Å². The number of benzene rings is 2. The van der Waals surface area contributed by atoms with E-state index in [0.29, 0.717) is 19.4 Å². The standard InChI is InChI=1S/C29H38N2O4/c1-8-26(32)34-16-19(4)20-9-10-25-22(14-20)23(15-24(30)28(33)35-29(5,6)7)27(31-25)21-12-17(2)11-18(3)13-21/h9-14,19,24,31H,8,15-16,30H2,1-7H3. The number of aromatic nitrogens is 1. The van der Waals surface area contributed by atoms with Gasteiger partial charge in [0.25, 0.3) is 0 Å². The van der Waals surface area contributed by atoms with Crippen LogP contribution >= 0.6 is 0 Å². The van der Waals surface area contributed by atoms with E-state index in [2.05, 4.69) is 43.1 Å². The number of hydrogen-bond acceptors (Lipinski definition) is 5. The number of H-pyrrole nitrogens is 1. The van der Waals surface area contributed by atoms with Crippen LogP contribution in [0.2, 0.25) is 0 Å². The van der Waals surface area contributed by atoms with Crippen LogP contribution in [0.15, 0.2) is 36.4 Å². The van der Waals surface area contributed by atoms with Crippen LogP contribution in [-0.4, -0.2) is 35.2 Å². The Labute approximate surface area is 208 Å². The van der Waals surface area contributed by atoms with Crippen LogP contribution in [0.25, 0.3) is 22.2 Å². The zero-order valence-corrected chi connectivity index (χ0v) is 22.0. The molecule has 3 aromatic rings. The van der Waals surface area contributed by atoms with Crippen molar-refractivity contribution in [3.8, 4) is 11.3 Å². The largest absolute Gasteiger partial charge is 0.465 e. The molecule has 3 rings (SSSR count). The Bertz CT molecular complexity index is 1200. The quantitative estimate of drug-likeness (QED) is 0.404. The average Bonchev–Trinajstić information content (AvgIpc) is 3.13. The number of aromatic amines is 1. The minimum atomic E-state index is -0.801. The highest BCUT2D eigenvalue weighted by Crippen LogP contribution is 2.34. The number of nitrogens with one attached hydrogen (secondary N) is 1. The molecule has 0 spiro atoms. The van der Waals surface area contributed by atoms with E-state index in [1.54, 1.807) is 6.92 Å². The molecule has 0 aliphatic heterocycles. The maximum absolute atomic E-state index is 12.7. The van der Waals surface area contributed by atoms with E-state index >= 15 is 0 Å². The molecule has 35 heavy (non-hydrogen) atoms. The Balaban J connectivity index is 2.06. The van der Waals surface area contributed by atoms with Crippen molar-refractivity contribution in [2.24, 2.45) is 5.73 Å². The number of ether oxygens (including phenoxy) is 2. The molecule has 1 heterocycles. The molecule has 1 aromatic heterocycles. The average molecular weight is 479 g/mol. The first-order chi connectivity index (χ1) is 16.4. The monoisotopic (exact) mass is 478 g/mol.